The highest BCUT2D eigenvalue weighted by Gasteiger charge is 2.12. The van der Waals surface area contributed by atoms with Crippen LogP contribution in [0.3, 0.4) is 0 Å². The quantitative estimate of drug-likeness (QED) is 0.736. The Labute approximate surface area is 105 Å². The molecule has 0 radical (unpaired) electrons. The Morgan fingerprint density at radius 3 is 2.67 bits per heavy atom. The smallest absolute Gasteiger partial charge is 0.339 e. The number of methoxy groups -OCH3 is 1. The minimum atomic E-state index is -1.08. The average Bonchev–Trinajstić information content (AvgIpc) is 2.33. The molecule has 6 heteroatoms. The Morgan fingerprint density at radius 2 is 2.11 bits per heavy atom. The Balaban J connectivity index is 2.71. The van der Waals surface area contributed by atoms with Crippen LogP contribution in [-0.2, 0) is 4.79 Å². The highest BCUT2D eigenvalue weighted by Crippen LogP contribution is 2.24. The molecule has 0 saturated heterocycles. The van der Waals surface area contributed by atoms with Crippen LogP contribution < -0.4 is 14.8 Å². The summed E-state index contributed by atoms with van der Waals surface area (Å²) in [6, 6.07) is 4.45. The van der Waals surface area contributed by atoms with Crippen LogP contribution in [0.2, 0.25) is 0 Å². The molecule has 0 bridgehead atoms. The van der Waals surface area contributed by atoms with Gasteiger partial charge in [0, 0.05) is 13.0 Å². The minimum Gasteiger partial charge on any atom is -0.497 e. The van der Waals surface area contributed by atoms with Crippen molar-refractivity contribution in [3.8, 4) is 11.5 Å². The summed E-state index contributed by atoms with van der Waals surface area (Å²) in [7, 11) is 1.48. The van der Waals surface area contributed by atoms with Crippen molar-refractivity contribution in [1.29, 1.82) is 0 Å². The summed E-state index contributed by atoms with van der Waals surface area (Å²) >= 11 is 0. The van der Waals surface area contributed by atoms with Crippen molar-refractivity contribution < 1.29 is 24.2 Å². The van der Waals surface area contributed by atoms with Crippen molar-refractivity contribution in [2.24, 2.45) is 0 Å². The molecule has 0 aromatic heterocycles. The van der Waals surface area contributed by atoms with E-state index in [1.165, 1.54) is 26.2 Å². The number of amides is 1. The molecule has 0 aliphatic heterocycles. The van der Waals surface area contributed by atoms with Gasteiger partial charge in [-0.3, -0.25) is 4.79 Å². The van der Waals surface area contributed by atoms with Crippen LogP contribution in [-0.4, -0.2) is 37.2 Å². The number of ether oxygens (including phenoxy) is 2. The molecule has 1 aromatic carbocycles. The summed E-state index contributed by atoms with van der Waals surface area (Å²) in [4.78, 5) is 21.6. The lowest BCUT2D eigenvalue weighted by molar-refractivity contribution is -0.119. The molecule has 2 N–H and O–H groups in total. The fourth-order valence-electron chi connectivity index (χ4n) is 1.31. The summed E-state index contributed by atoms with van der Waals surface area (Å²) in [6.45, 7) is 1.90. The second-order valence-electron chi connectivity index (χ2n) is 3.50. The molecule has 0 aliphatic carbocycles. The number of benzene rings is 1. The van der Waals surface area contributed by atoms with E-state index in [2.05, 4.69) is 5.32 Å². The Morgan fingerprint density at radius 1 is 1.39 bits per heavy atom. The van der Waals surface area contributed by atoms with Gasteiger partial charge in [0.2, 0.25) is 5.91 Å². The number of hydrogen-bond acceptors (Lipinski definition) is 4. The second kappa shape index (κ2) is 6.48. The standard InChI is InChI=1S/C12H15NO5/c1-8(14)13-5-6-18-11-7-9(17-2)3-4-10(11)12(15)16/h3-4,7H,5-6H2,1-2H3,(H,13,14)(H,15,16). The molecular formula is C12H15NO5. The molecule has 98 valence electrons. The largest absolute Gasteiger partial charge is 0.497 e. The van der Waals surface area contributed by atoms with E-state index in [1.807, 2.05) is 0 Å². The average molecular weight is 253 g/mol. The van der Waals surface area contributed by atoms with Gasteiger partial charge in [-0.05, 0) is 12.1 Å². The molecule has 18 heavy (non-hydrogen) atoms. The van der Waals surface area contributed by atoms with Crippen molar-refractivity contribution in [3.05, 3.63) is 23.8 Å². The van der Waals surface area contributed by atoms with Crippen LogP contribution in [0.1, 0.15) is 17.3 Å². The molecule has 0 unspecified atom stereocenters. The van der Waals surface area contributed by atoms with Crippen LogP contribution in [0, 0.1) is 0 Å². The van der Waals surface area contributed by atoms with E-state index >= 15 is 0 Å². The highest BCUT2D eigenvalue weighted by atomic mass is 16.5. The first-order valence-electron chi connectivity index (χ1n) is 5.33. The van der Waals surface area contributed by atoms with Gasteiger partial charge in [-0.2, -0.15) is 0 Å². The molecular weight excluding hydrogens is 238 g/mol. The van der Waals surface area contributed by atoms with Crippen molar-refractivity contribution in [3.63, 3.8) is 0 Å². The predicted molar refractivity (Wildman–Crippen MR) is 64.1 cm³/mol. The summed E-state index contributed by atoms with van der Waals surface area (Å²) in [5, 5.41) is 11.5. The lowest BCUT2D eigenvalue weighted by Gasteiger charge is -2.10. The second-order valence-corrected chi connectivity index (χ2v) is 3.50. The maximum absolute atomic E-state index is 11.0. The fourth-order valence-corrected chi connectivity index (χ4v) is 1.31. The monoisotopic (exact) mass is 253 g/mol. The third-order valence-electron chi connectivity index (χ3n) is 2.15. The lowest BCUT2D eigenvalue weighted by atomic mass is 10.2. The maximum atomic E-state index is 11.0. The van der Waals surface area contributed by atoms with Crippen molar-refractivity contribution in [2.75, 3.05) is 20.3 Å². The molecule has 1 aromatic rings. The van der Waals surface area contributed by atoms with Crippen LogP contribution in [0.4, 0.5) is 0 Å². The molecule has 1 amide bonds. The van der Waals surface area contributed by atoms with Gasteiger partial charge < -0.3 is 19.9 Å². The third-order valence-corrected chi connectivity index (χ3v) is 2.15. The molecule has 0 atom stereocenters. The van der Waals surface area contributed by atoms with Gasteiger partial charge >= 0.3 is 5.97 Å². The number of carboxylic acids is 1. The van der Waals surface area contributed by atoms with Gasteiger partial charge in [0.25, 0.3) is 0 Å². The Hall–Kier alpha value is -2.24. The molecule has 0 aliphatic rings. The normalized spacial score (nSPS) is 9.67. The van der Waals surface area contributed by atoms with E-state index in [4.69, 9.17) is 14.6 Å². The third kappa shape index (κ3) is 3.97. The van der Waals surface area contributed by atoms with E-state index in [9.17, 15) is 9.59 Å². The predicted octanol–water partition coefficient (Wildman–Crippen LogP) is 0.908. The van der Waals surface area contributed by atoms with Crippen molar-refractivity contribution in [2.45, 2.75) is 6.92 Å². The summed E-state index contributed by atoms with van der Waals surface area (Å²) in [5.74, 6) is -0.517. The Bertz CT molecular complexity index is 444. The van der Waals surface area contributed by atoms with Gasteiger partial charge in [-0.15, -0.1) is 0 Å². The van der Waals surface area contributed by atoms with E-state index in [-0.39, 0.29) is 23.8 Å². The summed E-state index contributed by atoms with van der Waals surface area (Å²) in [5.41, 5.74) is 0.0543. The van der Waals surface area contributed by atoms with Gasteiger partial charge in [-0.1, -0.05) is 0 Å². The molecule has 0 saturated carbocycles. The molecule has 0 heterocycles. The van der Waals surface area contributed by atoms with Crippen LogP contribution in [0.15, 0.2) is 18.2 Å². The molecule has 0 spiro atoms. The first-order valence-corrected chi connectivity index (χ1v) is 5.33. The zero-order valence-corrected chi connectivity index (χ0v) is 10.2. The zero-order valence-electron chi connectivity index (χ0n) is 10.2. The minimum absolute atomic E-state index is 0.0543. The SMILES string of the molecule is COc1ccc(C(=O)O)c(OCCNC(C)=O)c1. The van der Waals surface area contributed by atoms with Gasteiger partial charge in [0.1, 0.15) is 23.7 Å². The number of hydrogen-bond donors (Lipinski definition) is 2. The van der Waals surface area contributed by atoms with E-state index < -0.39 is 5.97 Å². The van der Waals surface area contributed by atoms with Crippen molar-refractivity contribution >= 4 is 11.9 Å². The topological polar surface area (TPSA) is 84.9 Å². The molecule has 0 fully saturated rings. The first kappa shape index (κ1) is 13.8. The van der Waals surface area contributed by atoms with E-state index in [1.54, 1.807) is 6.07 Å². The van der Waals surface area contributed by atoms with Crippen LogP contribution in [0.25, 0.3) is 0 Å². The highest BCUT2D eigenvalue weighted by molar-refractivity contribution is 5.91. The number of carbonyl (C=O) groups is 2. The van der Waals surface area contributed by atoms with Crippen molar-refractivity contribution in [1.82, 2.24) is 5.32 Å². The van der Waals surface area contributed by atoms with E-state index in [0.29, 0.717) is 12.3 Å². The number of rotatable bonds is 6. The Kier molecular flexibility index (Phi) is 4.98. The van der Waals surface area contributed by atoms with E-state index in [0.717, 1.165) is 0 Å². The molecule has 1 rings (SSSR count). The van der Waals surface area contributed by atoms with Crippen LogP contribution in [0.5, 0.6) is 11.5 Å². The first-order chi connectivity index (χ1) is 8.54. The lowest BCUT2D eigenvalue weighted by Crippen LogP contribution is -2.25. The zero-order chi connectivity index (χ0) is 13.5. The van der Waals surface area contributed by atoms with Gasteiger partial charge in [0.15, 0.2) is 0 Å². The number of carbonyl (C=O) groups excluding carboxylic acids is 1. The summed E-state index contributed by atoms with van der Waals surface area (Å²) in [6.07, 6.45) is 0. The summed E-state index contributed by atoms with van der Waals surface area (Å²) < 4.78 is 10.3. The van der Waals surface area contributed by atoms with Gasteiger partial charge in [-0.25, -0.2) is 4.79 Å². The van der Waals surface area contributed by atoms with Crippen LogP contribution >= 0.6 is 0 Å². The molecule has 6 nitrogen and oxygen atoms in total. The number of nitrogens with one attached hydrogen (secondary N) is 1. The maximum Gasteiger partial charge on any atom is 0.339 e. The number of aromatic carboxylic acids is 1. The fraction of sp³-hybridized carbons (Fsp3) is 0.333. The van der Waals surface area contributed by atoms with Gasteiger partial charge in [0.05, 0.1) is 13.7 Å². The number of carboxylic acid groups (broad SMARTS) is 1.